The van der Waals surface area contributed by atoms with Crippen molar-refractivity contribution >= 4 is 27.0 Å². The van der Waals surface area contributed by atoms with Crippen molar-refractivity contribution in [3.8, 4) is 0 Å². The van der Waals surface area contributed by atoms with Crippen LogP contribution < -0.4 is 0 Å². The van der Waals surface area contributed by atoms with E-state index in [2.05, 4.69) is 49.7 Å². The minimum atomic E-state index is 0.773. The number of fused-ring (bicyclic) bond motifs is 1. The van der Waals surface area contributed by atoms with Crippen molar-refractivity contribution in [3.63, 3.8) is 0 Å². The minimum Gasteiger partial charge on any atom is -0.327 e. The zero-order valence-electron chi connectivity index (χ0n) is 9.02. The van der Waals surface area contributed by atoms with Crippen molar-refractivity contribution in [2.45, 2.75) is 6.54 Å². The summed E-state index contributed by atoms with van der Waals surface area (Å²) in [7, 11) is 0. The first kappa shape index (κ1) is 10.4. The normalized spacial score (nSPS) is 10.4. The Labute approximate surface area is 108 Å². The lowest BCUT2D eigenvalue weighted by atomic mass is 10.2. The molecule has 0 radical (unpaired) electrons. The minimum absolute atomic E-state index is 0.773. The molecule has 2 aromatic heterocycles. The first-order valence-electron chi connectivity index (χ1n) is 5.30. The SMILES string of the molecule is Brc1cnc2c(ccn2Cc2c#cccc2)c1. The van der Waals surface area contributed by atoms with Gasteiger partial charge >= 0.3 is 0 Å². The van der Waals surface area contributed by atoms with Crippen LogP contribution >= 0.6 is 15.9 Å². The van der Waals surface area contributed by atoms with Crippen molar-refractivity contribution in [3.05, 3.63) is 64.9 Å². The van der Waals surface area contributed by atoms with Crippen LogP contribution in [0.3, 0.4) is 0 Å². The Morgan fingerprint density at radius 3 is 3.12 bits per heavy atom. The summed E-state index contributed by atoms with van der Waals surface area (Å²) in [5.41, 5.74) is 2.10. The van der Waals surface area contributed by atoms with E-state index in [9.17, 15) is 0 Å². The average Bonchev–Trinajstić information content (AvgIpc) is 2.73. The summed E-state index contributed by atoms with van der Waals surface area (Å²) in [4.78, 5) is 4.43. The number of aromatic nitrogens is 2. The lowest BCUT2D eigenvalue weighted by Gasteiger charge is -2.02. The van der Waals surface area contributed by atoms with Crippen LogP contribution in [0.4, 0.5) is 0 Å². The molecule has 82 valence electrons. The van der Waals surface area contributed by atoms with Gasteiger partial charge < -0.3 is 4.57 Å². The monoisotopic (exact) mass is 284 g/mol. The molecule has 0 fully saturated rings. The van der Waals surface area contributed by atoms with Gasteiger partial charge in [-0.2, -0.15) is 0 Å². The van der Waals surface area contributed by atoms with E-state index >= 15 is 0 Å². The van der Waals surface area contributed by atoms with Gasteiger partial charge in [0.2, 0.25) is 0 Å². The third-order valence-corrected chi connectivity index (χ3v) is 3.05. The Hall–Kier alpha value is -1.79. The van der Waals surface area contributed by atoms with Crippen molar-refractivity contribution < 1.29 is 0 Å². The maximum absolute atomic E-state index is 4.43. The summed E-state index contributed by atoms with van der Waals surface area (Å²) in [5, 5.41) is 1.14. The predicted octanol–water partition coefficient (Wildman–Crippen LogP) is 3.45. The van der Waals surface area contributed by atoms with E-state index < -0.39 is 0 Å². The Morgan fingerprint density at radius 2 is 2.29 bits per heavy atom. The Balaban J connectivity index is 2.01. The average molecular weight is 285 g/mol. The molecule has 0 spiro atoms. The summed E-state index contributed by atoms with van der Waals surface area (Å²) in [5.74, 6) is 0. The molecule has 0 atom stereocenters. The van der Waals surface area contributed by atoms with E-state index in [1.165, 1.54) is 0 Å². The van der Waals surface area contributed by atoms with Gasteiger partial charge in [0.15, 0.2) is 0 Å². The molecule has 2 nitrogen and oxygen atoms in total. The molecule has 17 heavy (non-hydrogen) atoms. The van der Waals surface area contributed by atoms with Crippen LogP contribution in [0, 0.1) is 12.1 Å². The van der Waals surface area contributed by atoms with Gasteiger partial charge in [0, 0.05) is 27.8 Å². The molecule has 0 N–H and O–H groups in total. The fourth-order valence-corrected chi connectivity index (χ4v) is 2.19. The second-order valence-electron chi connectivity index (χ2n) is 3.83. The molecule has 1 aromatic carbocycles. The van der Waals surface area contributed by atoms with Crippen LogP contribution in [0.5, 0.6) is 0 Å². The standard InChI is InChI=1S/C14H9BrN2/c15-13-8-12-6-7-17(14(12)16-9-13)10-11-4-2-1-3-5-11/h1-2,4,6-9H,10H2. The molecular formula is C14H9BrN2. The molecular weight excluding hydrogens is 276 g/mol. The first-order valence-corrected chi connectivity index (χ1v) is 6.10. The highest BCUT2D eigenvalue weighted by atomic mass is 79.9. The van der Waals surface area contributed by atoms with Crippen LogP contribution in [0.1, 0.15) is 5.56 Å². The van der Waals surface area contributed by atoms with Crippen molar-refractivity contribution in [1.29, 1.82) is 0 Å². The van der Waals surface area contributed by atoms with E-state index in [0.717, 1.165) is 27.6 Å². The summed E-state index contributed by atoms with van der Waals surface area (Å²) >= 11 is 3.43. The van der Waals surface area contributed by atoms with Gasteiger partial charge in [0.05, 0.1) is 6.54 Å². The Bertz CT molecular complexity index is 644. The quantitative estimate of drug-likeness (QED) is 0.705. The molecule has 0 saturated heterocycles. The molecule has 0 amide bonds. The third-order valence-electron chi connectivity index (χ3n) is 2.62. The molecule has 3 rings (SSSR count). The van der Waals surface area contributed by atoms with E-state index in [1.807, 2.05) is 30.6 Å². The van der Waals surface area contributed by atoms with Gasteiger partial charge in [-0.1, -0.05) is 18.2 Å². The van der Waals surface area contributed by atoms with Gasteiger partial charge in [0.25, 0.3) is 0 Å². The highest BCUT2D eigenvalue weighted by molar-refractivity contribution is 9.10. The van der Waals surface area contributed by atoms with Gasteiger partial charge in [-0.25, -0.2) is 4.98 Å². The molecule has 3 heteroatoms. The number of rotatable bonds is 2. The topological polar surface area (TPSA) is 17.8 Å². The third kappa shape index (κ3) is 2.04. The number of hydrogen-bond acceptors (Lipinski definition) is 1. The van der Waals surface area contributed by atoms with Gasteiger partial charge in [0.1, 0.15) is 5.65 Å². The molecule has 0 aliphatic rings. The molecule has 0 aliphatic carbocycles. The fraction of sp³-hybridized carbons (Fsp3) is 0.0714. The van der Waals surface area contributed by atoms with E-state index in [1.54, 1.807) is 0 Å². The van der Waals surface area contributed by atoms with Gasteiger partial charge in [-0.3, -0.25) is 0 Å². The molecule has 0 bridgehead atoms. The van der Waals surface area contributed by atoms with Crippen LogP contribution in [0.2, 0.25) is 0 Å². The van der Waals surface area contributed by atoms with Crippen molar-refractivity contribution in [2.24, 2.45) is 0 Å². The molecule has 3 aromatic rings. The van der Waals surface area contributed by atoms with Crippen molar-refractivity contribution in [1.82, 2.24) is 9.55 Å². The summed E-state index contributed by atoms with van der Waals surface area (Å²) in [6, 6.07) is 16.1. The van der Waals surface area contributed by atoms with Gasteiger partial charge in [-0.05, 0) is 40.2 Å². The molecule has 0 saturated carbocycles. The first-order chi connectivity index (χ1) is 8.33. The molecule has 0 aliphatic heterocycles. The summed E-state index contributed by atoms with van der Waals surface area (Å²) in [6.07, 6.45) is 3.87. The maximum atomic E-state index is 4.43. The number of hydrogen-bond donors (Lipinski definition) is 0. The maximum Gasteiger partial charge on any atom is 0.140 e. The van der Waals surface area contributed by atoms with Gasteiger partial charge in [-0.15, -0.1) is 0 Å². The van der Waals surface area contributed by atoms with Crippen molar-refractivity contribution in [2.75, 3.05) is 0 Å². The van der Waals surface area contributed by atoms with Crippen LogP contribution in [0.25, 0.3) is 11.0 Å². The zero-order valence-corrected chi connectivity index (χ0v) is 10.6. The number of pyridine rings is 1. The van der Waals surface area contributed by atoms with E-state index in [-0.39, 0.29) is 0 Å². The lowest BCUT2D eigenvalue weighted by molar-refractivity contribution is 0.825. The summed E-state index contributed by atoms with van der Waals surface area (Å²) in [6.45, 7) is 0.773. The van der Waals surface area contributed by atoms with Crippen LogP contribution in [0.15, 0.2) is 47.2 Å². The molecule has 0 unspecified atom stereocenters. The highest BCUT2D eigenvalue weighted by Crippen LogP contribution is 2.18. The summed E-state index contributed by atoms with van der Waals surface area (Å²) < 4.78 is 3.11. The second kappa shape index (κ2) is 4.23. The fourth-order valence-electron chi connectivity index (χ4n) is 1.84. The van der Waals surface area contributed by atoms with E-state index in [0.29, 0.717) is 0 Å². The second-order valence-corrected chi connectivity index (χ2v) is 4.75. The Morgan fingerprint density at radius 1 is 1.35 bits per heavy atom. The molecule has 2 heterocycles. The van der Waals surface area contributed by atoms with Crippen LogP contribution in [-0.2, 0) is 6.54 Å². The van der Waals surface area contributed by atoms with Crippen LogP contribution in [-0.4, -0.2) is 9.55 Å². The lowest BCUT2D eigenvalue weighted by Crippen LogP contribution is -1.98. The predicted molar refractivity (Wildman–Crippen MR) is 70.6 cm³/mol. The smallest absolute Gasteiger partial charge is 0.140 e. The largest absolute Gasteiger partial charge is 0.327 e. The number of nitrogens with zero attached hydrogens (tertiary/aromatic N) is 2. The zero-order chi connectivity index (χ0) is 11.7. The highest BCUT2D eigenvalue weighted by Gasteiger charge is 2.03. The van der Waals surface area contributed by atoms with E-state index in [4.69, 9.17) is 0 Å². The Kier molecular flexibility index (Phi) is 2.58. The number of halogens is 1.